The molecule has 1 fully saturated rings. The summed E-state index contributed by atoms with van der Waals surface area (Å²) in [4.78, 5) is 29.4. The van der Waals surface area contributed by atoms with Gasteiger partial charge in [-0.1, -0.05) is 11.3 Å². The Hall–Kier alpha value is -3.79. The lowest BCUT2D eigenvalue weighted by atomic mass is 10.0. The van der Waals surface area contributed by atoms with Crippen LogP contribution in [0.1, 0.15) is 18.2 Å². The normalized spacial score (nSPS) is 15.8. The summed E-state index contributed by atoms with van der Waals surface area (Å²) in [6, 6.07) is 9.53. The molecule has 160 valence electrons. The molecule has 31 heavy (non-hydrogen) atoms. The first-order valence-electron chi connectivity index (χ1n) is 9.76. The molecule has 0 saturated carbocycles. The Balaban J connectivity index is 1.50. The number of rotatable bonds is 6. The summed E-state index contributed by atoms with van der Waals surface area (Å²) in [5.74, 6) is 0.432. The molecule has 1 aliphatic rings. The number of hydrogen-bond donors (Lipinski definition) is 2. The predicted molar refractivity (Wildman–Crippen MR) is 112 cm³/mol. The fourth-order valence-corrected chi connectivity index (χ4v) is 3.40. The standard InChI is InChI=1S/C21H22N6O4/c1-13-7-15(16-4-6-20(23-8-16)27-10-17(12-28)24-25-27)3-5-19(13)26-11-18(31-21(26)30)9-22-14(2)29/h3-8,10,18,28H,9,11-12H2,1-2H3,(H,22,29). The molecular weight excluding hydrogens is 400 g/mol. The third-order valence-corrected chi connectivity index (χ3v) is 4.96. The minimum Gasteiger partial charge on any atom is -0.442 e. The molecule has 2 amide bonds. The van der Waals surface area contributed by atoms with E-state index in [1.165, 1.54) is 11.6 Å². The van der Waals surface area contributed by atoms with Crippen molar-refractivity contribution in [2.24, 2.45) is 0 Å². The van der Waals surface area contributed by atoms with Gasteiger partial charge in [0.15, 0.2) is 5.82 Å². The smallest absolute Gasteiger partial charge is 0.414 e. The average molecular weight is 422 g/mol. The molecule has 1 saturated heterocycles. The maximum absolute atomic E-state index is 12.3. The average Bonchev–Trinajstić information content (AvgIpc) is 3.39. The van der Waals surface area contributed by atoms with Crippen molar-refractivity contribution >= 4 is 17.7 Å². The Bertz CT molecular complexity index is 1110. The van der Waals surface area contributed by atoms with Gasteiger partial charge in [-0.25, -0.2) is 14.5 Å². The van der Waals surface area contributed by atoms with Gasteiger partial charge in [-0.15, -0.1) is 5.10 Å². The maximum atomic E-state index is 12.3. The molecule has 0 radical (unpaired) electrons. The second-order valence-electron chi connectivity index (χ2n) is 7.27. The SMILES string of the molecule is CC(=O)NCC1CN(c2ccc(-c3ccc(-n4cc(CO)nn4)nc3)cc2C)C(=O)O1. The van der Waals surface area contributed by atoms with Crippen molar-refractivity contribution in [3.05, 3.63) is 54.0 Å². The Labute approximate surface area is 178 Å². The number of nitrogens with one attached hydrogen (secondary N) is 1. The van der Waals surface area contributed by atoms with Crippen molar-refractivity contribution in [3.63, 3.8) is 0 Å². The second kappa shape index (κ2) is 8.52. The zero-order chi connectivity index (χ0) is 22.0. The van der Waals surface area contributed by atoms with Crippen molar-refractivity contribution in [2.75, 3.05) is 18.0 Å². The monoisotopic (exact) mass is 422 g/mol. The number of benzene rings is 1. The van der Waals surface area contributed by atoms with Crippen LogP contribution in [0.25, 0.3) is 16.9 Å². The molecule has 0 aliphatic carbocycles. The third kappa shape index (κ3) is 4.38. The molecule has 10 heteroatoms. The summed E-state index contributed by atoms with van der Waals surface area (Å²) in [7, 11) is 0. The molecule has 4 rings (SSSR count). The van der Waals surface area contributed by atoms with Crippen LogP contribution in [0, 0.1) is 6.92 Å². The van der Waals surface area contributed by atoms with Crippen molar-refractivity contribution in [2.45, 2.75) is 26.6 Å². The molecule has 2 aromatic heterocycles. The summed E-state index contributed by atoms with van der Waals surface area (Å²) in [5, 5.41) is 19.6. The first kappa shape index (κ1) is 20.5. The molecule has 0 spiro atoms. The highest BCUT2D eigenvalue weighted by molar-refractivity contribution is 5.91. The number of pyridine rings is 1. The van der Waals surface area contributed by atoms with Gasteiger partial charge in [0.2, 0.25) is 5.91 Å². The Morgan fingerprint density at radius 3 is 2.74 bits per heavy atom. The van der Waals surface area contributed by atoms with E-state index in [1.54, 1.807) is 17.3 Å². The maximum Gasteiger partial charge on any atom is 0.414 e. The number of aryl methyl sites for hydroxylation is 1. The van der Waals surface area contributed by atoms with Crippen LogP contribution < -0.4 is 10.2 Å². The van der Waals surface area contributed by atoms with Crippen molar-refractivity contribution in [1.29, 1.82) is 0 Å². The number of anilines is 1. The molecule has 1 aromatic carbocycles. The number of ether oxygens (including phenoxy) is 1. The number of carbonyl (C=O) groups is 2. The number of aliphatic hydroxyl groups is 1. The van der Waals surface area contributed by atoms with Crippen LogP contribution in [0.2, 0.25) is 0 Å². The lowest BCUT2D eigenvalue weighted by Crippen LogP contribution is -2.33. The molecule has 3 aromatic rings. The number of carbonyl (C=O) groups excluding carboxylic acids is 2. The van der Waals surface area contributed by atoms with Crippen LogP contribution in [-0.4, -0.2) is 56.3 Å². The first-order valence-corrected chi connectivity index (χ1v) is 9.76. The predicted octanol–water partition coefficient (Wildman–Crippen LogP) is 1.59. The van der Waals surface area contributed by atoms with Crippen LogP contribution >= 0.6 is 0 Å². The van der Waals surface area contributed by atoms with Crippen LogP contribution in [0.15, 0.2) is 42.7 Å². The van der Waals surface area contributed by atoms with Gasteiger partial charge in [0, 0.05) is 18.7 Å². The van der Waals surface area contributed by atoms with Gasteiger partial charge in [0.05, 0.1) is 31.6 Å². The molecule has 0 bridgehead atoms. The Kier molecular flexibility index (Phi) is 5.63. The van der Waals surface area contributed by atoms with Gasteiger partial charge in [-0.2, -0.15) is 0 Å². The summed E-state index contributed by atoms with van der Waals surface area (Å²) < 4.78 is 6.85. The second-order valence-corrected chi connectivity index (χ2v) is 7.27. The summed E-state index contributed by atoms with van der Waals surface area (Å²) in [5.41, 5.74) is 4.02. The Morgan fingerprint density at radius 2 is 2.10 bits per heavy atom. The highest BCUT2D eigenvalue weighted by Gasteiger charge is 2.33. The van der Waals surface area contributed by atoms with Gasteiger partial charge in [0.1, 0.15) is 11.8 Å². The molecule has 1 unspecified atom stereocenters. The fourth-order valence-electron chi connectivity index (χ4n) is 3.40. The highest BCUT2D eigenvalue weighted by Crippen LogP contribution is 2.29. The lowest BCUT2D eigenvalue weighted by Gasteiger charge is -2.17. The summed E-state index contributed by atoms with van der Waals surface area (Å²) >= 11 is 0. The number of aromatic nitrogens is 4. The van der Waals surface area contributed by atoms with E-state index in [-0.39, 0.29) is 25.2 Å². The Morgan fingerprint density at radius 1 is 1.29 bits per heavy atom. The van der Waals surface area contributed by atoms with Gasteiger partial charge in [-0.3, -0.25) is 9.69 Å². The van der Waals surface area contributed by atoms with E-state index in [1.807, 2.05) is 37.3 Å². The number of amides is 2. The molecule has 1 atom stereocenters. The van der Waals surface area contributed by atoms with E-state index in [0.29, 0.717) is 18.1 Å². The van der Waals surface area contributed by atoms with E-state index in [4.69, 9.17) is 9.84 Å². The minimum absolute atomic E-state index is 0.160. The summed E-state index contributed by atoms with van der Waals surface area (Å²) in [6.07, 6.45) is 2.55. The summed E-state index contributed by atoms with van der Waals surface area (Å²) in [6.45, 7) is 3.85. The van der Waals surface area contributed by atoms with Gasteiger partial charge in [-0.05, 0) is 42.3 Å². The largest absolute Gasteiger partial charge is 0.442 e. The van der Waals surface area contributed by atoms with Crippen LogP contribution in [0.5, 0.6) is 0 Å². The van der Waals surface area contributed by atoms with E-state index in [0.717, 1.165) is 22.4 Å². The number of hydrogen-bond acceptors (Lipinski definition) is 7. The quantitative estimate of drug-likeness (QED) is 0.618. The van der Waals surface area contributed by atoms with Crippen LogP contribution in [-0.2, 0) is 16.1 Å². The van der Waals surface area contributed by atoms with Crippen LogP contribution in [0.4, 0.5) is 10.5 Å². The van der Waals surface area contributed by atoms with Crippen LogP contribution in [0.3, 0.4) is 0 Å². The zero-order valence-corrected chi connectivity index (χ0v) is 17.1. The van der Waals surface area contributed by atoms with E-state index in [9.17, 15) is 9.59 Å². The van der Waals surface area contributed by atoms with Crippen molar-refractivity contribution in [1.82, 2.24) is 25.3 Å². The number of nitrogens with zero attached hydrogens (tertiary/aromatic N) is 5. The van der Waals surface area contributed by atoms with Crippen molar-refractivity contribution in [3.8, 4) is 16.9 Å². The third-order valence-electron chi connectivity index (χ3n) is 4.96. The fraction of sp³-hybridized carbons (Fsp3) is 0.286. The van der Waals surface area contributed by atoms with Gasteiger partial charge >= 0.3 is 6.09 Å². The number of cyclic esters (lactones) is 1. The first-order chi connectivity index (χ1) is 14.9. The minimum atomic E-state index is -0.424. The molecular formula is C21H22N6O4. The molecule has 2 N–H and O–H groups in total. The van der Waals surface area contributed by atoms with E-state index in [2.05, 4.69) is 20.6 Å². The van der Waals surface area contributed by atoms with Gasteiger partial charge in [0.25, 0.3) is 0 Å². The molecule has 3 heterocycles. The highest BCUT2D eigenvalue weighted by atomic mass is 16.6. The zero-order valence-electron chi connectivity index (χ0n) is 17.1. The number of aliphatic hydroxyl groups excluding tert-OH is 1. The van der Waals surface area contributed by atoms with E-state index >= 15 is 0 Å². The lowest BCUT2D eigenvalue weighted by molar-refractivity contribution is -0.119. The van der Waals surface area contributed by atoms with Gasteiger partial charge < -0.3 is 15.2 Å². The molecule has 10 nitrogen and oxygen atoms in total. The topological polar surface area (TPSA) is 122 Å². The van der Waals surface area contributed by atoms with Crippen molar-refractivity contribution < 1.29 is 19.4 Å². The molecule has 1 aliphatic heterocycles. The van der Waals surface area contributed by atoms with E-state index < -0.39 is 6.09 Å².